The van der Waals surface area contributed by atoms with E-state index < -0.39 is 0 Å². The van der Waals surface area contributed by atoms with Gasteiger partial charge in [0.25, 0.3) is 5.91 Å². The second-order valence-corrected chi connectivity index (χ2v) is 5.64. The summed E-state index contributed by atoms with van der Waals surface area (Å²) in [5.74, 6) is -0.289. The van der Waals surface area contributed by atoms with Crippen molar-refractivity contribution < 1.29 is 4.79 Å². The van der Waals surface area contributed by atoms with Crippen molar-refractivity contribution in [1.29, 1.82) is 0 Å². The molecule has 0 heterocycles. The number of nitrogens with one attached hydrogen (secondary N) is 1. The molecule has 0 aliphatic carbocycles. The molecule has 3 rings (SSSR count). The van der Waals surface area contributed by atoms with Gasteiger partial charge in [0.2, 0.25) is 0 Å². The van der Waals surface area contributed by atoms with Gasteiger partial charge in [-0.25, -0.2) is 5.43 Å². The zero-order chi connectivity index (χ0) is 16.2. The van der Waals surface area contributed by atoms with Gasteiger partial charge in [-0.05, 0) is 35.4 Å². The molecule has 0 saturated heterocycles. The molecule has 3 aromatic carbocycles. The topological polar surface area (TPSA) is 41.5 Å². The average Bonchev–Trinajstić information content (AvgIpc) is 2.57. The number of amides is 1. The summed E-state index contributed by atoms with van der Waals surface area (Å²) < 4.78 is 0. The molecule has 0 aromatic heterocycles. The van der Waals surface area contributed by atoms with Crippen LogP contribution in [0, 0.1) is 6.92 Å². The van der Waals surface area contributed by atoms with Crippen LogP contribution >= 0.6 is 11.6 Å². The summed E-state index contributed by atoms with van der Waals surface area (Å²) >= 11 is 6.03. The molecule has 4 heteroatoms. The molecule has 3 aromatic rings. The Kier molecular flexibility index (Phi) is 4.40. The number of rotatable bonds is 3. The third kappa shape index (κ3) is 3.41. The number of hydrogen-bond donors (Lipinski definition) is 1. The van der Waals surface area contributed by atoms with E-state index in [4.69, 9.17) is 11.6 Å². The summed E-state index contributed by atoms with van der Waals surface area (Å²) in [7, 11) is 0. The smallest absolute Gasteiger partial charge is 0.267 e. The Bertz CT molecular complexity index is 898. The number of hydrazone groups is 1. The first-order valence-corrected chi connectivity index (χ1v) is 7.60. The van der Waals surface area contributed by atoms with E-state index in [1.54, 1.807) is 18.3 Å². The van der Waals surface area contributed by atoms with Gasteiger partial charge in [0, 0.05) is 16.1 Å². The summed E-state index contributed by atoms with van der Waals surface area (Å²) in [5, 5.41) is 6.84. The number of carbonyl (C=O) groups is 1. The molecule has 0 fully saturated rings. The Morgan fingerprint density at radius 1 is 1.09 bits per heavy atom. The highest BCUT2D eigenvalue weighted by Gasteiger charge is 2.06. The number of hydrogen-bond acceptors (Lipinski definition) is 2. The Balaban J connectivity index is 1.77. The van der Waals surface area contributed by atoms with E-state index in [0.717, 1.165) is 21.9 Å². The van der Waals surface area contributed by atoms with Crippen LogP contribution in [-0.4, -0.2) is 12.1 Å². The quantitative estimate of drug-likeness (QED) is 0.557. The number of nitrogens with zero attached hydrogens (tertiary/aromatic N) is 1. The van der Waals surface area contributed by atoms with Gasteiger partial charge in [0.15, 0.2) is 0 Å². The summed E-state index contributed by atoms with van der Waals surface area (Å²) in [6, 6.07) is 19.2. The van der Waals surface area contributed by atoms with Crippen molar-refractivity contribution in [3.8, 4) is 0 Å². The Morgan fingerprint density at radius 2 is 1.87 bits per heavy atom. The first kappa shape index (κ1) is 15.3. The SMILES string of the molecule is Cc1ccc(C(=O)N/N=C/c2cccc3ccccc23)cc1Cl. The highest BCUT2D eigenvalue weighted by Crippen LogP contribution is 2.17. The first-order valence-electron chi connectivity index (χ1n) is 7.22. The third-order valence-electron chi connectivity index (χ3n) is 3.63. The van der Waals surface area contributed by atoms with Gasteiger partial charge in [0.05, 0.1) is 6.21 Å². The highest BCUT2D eigenvalue weighted by molar-refractivity contribution is 6.31. The molecule has 0 unspecified atom stereocenters. The van der Waals surface area contributed by atoms with Crippen molar-refractivity contribution in [1.82, 2.24) is 5.43 Å². The fraction of sp³-hybridized carbons (Fsp3) is 0.0526. The lowest BCUT2D eigenvalue weighted by Crippen LogP contribution is -2.17. The Labute approximate surface area is 139 Å². The maximum atomic E-state index is 12.1. The molecular weight excluding hydrogens is 308 g/mol. The number of benzene rings is 3. The molecule has 1 amide bonds. The fourth-order valence-electron chi connectivity index (χ4n) is 2.32. The van der Waals surface area contributed by atoms with E-state index in [2.05, 4.69) is 10.5 Å². The normalized spacial score (nSPS) is 11.0. The van der Waals surface area contributed by atoms with Gasteiger partial charge in [-0.2, -0.15) is 5.10 Å². The molecular formula is C19H15ClN2O. The minimum atomic E-state index is -0.289. The van der Waals surface area contributed by atoms with Gasteiger partial charge in [-0.15, -0.1) is 0 Å². The van der Waals surface area contributed by atoms with Crippen LogP contribution in [0.25, 0.3) is 10.8 Å². The maximum absolute atomic E-state index is 12.1. The fourth-order valence-corrected chi connectivity index (χ4v) is 2.50. The molecule has 23 heavy (non-hydrogen) atoms. The van der Waals surface area contributed by atoms with Gasteiger partial charge in [-0.1, -0.05) is 60.1 Å². The Morgan fingerprint density at radius 3 is 2.70 bits per heavy atom. The molecule has 3 nitrogen and oxygen atoms in total. The minimum Gasteiger partial charge on any atom is -0.267 e. The number of carbonyl (C=O) groups excluding carboxylic acids is 1. The maximum Gasteiger partial charge on any atom is 0.271 e. The van der Waals surface area contributed by atoms with Gasteiger partial charge >= 0.3 is 0 Å². The summed E-state index contributed by atoms with van der Waals surface area (Å²) in [4.78, 5) is 12.1. The monoisotopic (exact) mass is 322 g/mol. The van der Waals surface area contributed by atoms with Crippen LogP contribution in [-0.2, 0) is 0 Å². The van der Waals surface area contributed by atoms with Crippen molar-refractivity contribution in [2.75, 3.05) is 0 Å². The van der Waals surface area contributed by atoms with Crippen molar-refractivity contribution in [3.63, 3.8) is 0 Å². The standard InChI is InChI=1S/C19H15ClN2O/c1-13-9-10-15(11-18(13)20)19(23)22-21-12-16-7-4-6-14-5-2-3-8-17(14)16/h2-12H,1H3,(H,22,23)/b21-12+. The van der Waals surface area contributed by atoms with Crippen molar-refractivity contribution in [3.05, 3.63) is 82.4 Å². The van der Waals surface area contributed by atoms with Gasteiger partial charge in [-0.3, -0.25) is 4.79 Å². The predicted octanol–water partition coefficient (Wildman–Crippen LogP) is 4.57. The third-order valence-corrected chi connectivity index (χ3v) is 4.03. The highest BCUT2D eigenvalue weighted by atomic mass is 35.5. The van der Waals surface area contributed by atoms with Crippen molar-refractivity contribution in [2.45, 2.75) is 6.92 Å². The zero-order valence-electron chi connectivity index (χ0n) is 12.6. The van der Waals surface area contributed by atoms with E-state index >= 15 is 0 Å². The molecule has 0 aliphatic heterocycles. The van der Waals surface area contributed by atoms with Crippen molar-refractivity contribution in [2.24, 2.45) is 5.10 Å². The Hall–Kier alpha value is -2.65. The van der Waals surface area contributed by atoms with E-state index in [1.807, 2.05) is 55.5 Å². The molecule has 114 valence electrons. The van der Waals surface area contributed by atoms with Crippen LogP contribution in [0.5, 0.6) is 0 Å². The lowest BCUT2D eigenvalue weighted by atomic mass is 10.1. The number of halogens is 1. The predicted molar refractivity (Wildman–Crippen MR) is 95.2 cm³/mol. The molecule has 0 spiro atoms. The molecule has 0 saturated carbocycles. The van der Waals surface area contributed by atoms with Crippen LogP contribution < -0.4 is 5.43 Å². The van der Waals surface area contributed by atoms with Gasteiger partial charge in [0.1, 0.15) is 0 Å². The van der Waals surface area contributed by atoms with Crippen molar-refractivity contribution >= 4 is 34.5 Å². The van der Waals surface area contributed by atoms with Crippen LogP contribution in [0.15, 0.2) is 65.8 Å². The van der Waals surface area contributed by atoms with E-state index in [1.165, 1.54) is 0 Å². The molecule has 1 N–H and O–H groups in total. The lowest BCUT2D eigenvalue weighted by molar-refractivity contribution is 0.0955. The molecule has 0 bridgehead atoms. The average molecular weight is 323 g/mol. The number of fused-ring (bicyclic) bond motifs is 1. The van der Waals surface area contributed by atoms with Gasteiger partial charge < -0.3 is 0 Å². The second-order valence-electron chi connectivity index (χ2n) is 5.23. The van der Waals surface area contributed by atoms with E-state index in [9.17, 15) is 4.79 Å². The molecule has 0 radical (unpaired) electrons. The van der Waals surface area contributed by atoms with Crippen LogP contribution in [0.1, 0.15) is 21.5 Å². The first-order chi connectivity index (χ1) is 11.1. The summed E-state index contributed by atoms with van der Waals surface area (Å²) in [6.07, 6.45) is 1.65. The summed E-state index contributed by atoms with van der Waals surface area (Å²) in [5.41, 5.74) is 4.90. The lowest BCUT2D eigenvalue weighted by Gasteiger charge is -2.03. The molecule has 0 aliphatic rings. The van der Waals surface area contributed by atoms with Crippen LogP contribution in [0.3, 0.4) is 0 Å². The second kappa shape index (κ2) is 6.63. The summed E-state index contributed by atoms with van der Waals surface area (Å²) in [6.45, 7) is 1.89. The molecule has 0 atom stereocenters. The number of aryl methyl sites for hydroxylation is 1. The van der Waals surface area contributed by atoms with Crippen LogP contribution in [0.2, 0.25) is 5.02 Å². The largest absolute Gasteiger partial charge is 0.271 e. The van der Waals surface area contributed by atoms with E-state index in [0.29, 0.717) is 10.6 Å². The van der Waals surface area contributed by atoms with E-state index in [-0.39, 0.29) is 5.91 Å². The minimum absolute atomic E-state index is 0.289. The van der Waals surface area contributed by atoms with Crippen LogP contribution in [0.4, 0.5) is 0 Å². The zero-order valence-corrected chi connectivity index (χ0v) is 13.3.